The van der Waals surface area contributed by atoms with Gasteiger partial charge in [-0.1, -0.05) is 62.3 Å². The summed E-state index contributed by atoms with van der Waals surface area (Å²) in [6, 6.07) is -1.48. The number of nitrogens with one attached hydrogen (secondary N) is 1. The lowest BCUT2D eigenvalue weighted by atomic mass is 9.81. The van der Waals surface area contributed by atoms with Crippen molar-refractivity contribution in [3.8, 4) is 0 Å². The topological polar surface area (TPSA) is 83.3 Å². The maximum Gasteiger partial charge on any atom is 0.424 e. The Bertz CT molecular complexity index is 719. The number of Topliss-reactive ketones (excluding diaryl/α,β-unsaturated/α-hetero) is 3. The minimum atomic E-state index is -0.819. The molecule has 2 unspecified atom stereocenters. The molecule has 0 aromatic rings. The van der Waals surface area contributed by atoms with Gasteiger partial charge in [0.15, 0.2) is 12.3 Å². The molecule has 0 heterocycles. The highest BCUT2D eigenvalue weighted by atomic mass is 16.1. The molecule has 0 aliphatic carbocycles. The molecule has 0 amide bonds. The van der Waals surface area contributed by atoms with Crippen LogP contribution in [0.2, 0.25) is 0 Å². The molecule has 0 fully saturated rings. The summed E-state index contributed by atoms with van der Waals surface area (Å²) in [6.07, 6.45) is 2.29. The summed E-state index contributed by atoms with van der Waals surface area (Å²) in [5.41, 5.74) is -2.22. The fraction of sp³-hybridized carbons (Fsp3) is 0.840. The number of hydrogen-bond acceptors (Lipinski definition) is 5. The second-order valence-electron chi connectivity index (χ2n) is 12.6. The number of rotatable bonds is 9. The van der Waals surface area contributed by atoms with Gasteiger partial charge in [0.05, 0.1) is 0 Å². The highest BCUT2D eigenvalue weighted by molar-refractivity contribution is 5.90. The third-order valence-electron chi connectivity index (χ3n) is 5.06. The largest absolute Gasteiger partial charge is 0.424 e. The highest BCUT2D eigenvalue weighted by Crippen LogP contribution is 2.25. The minimum absolute atomic E-state index is 0.0209. The van der Waals surface area contributed by atoms with Gasteiger partial charge in [-0.3, -0.25) is 19.7 Å². The van der Waals surface area contributed by atoms with Crippen molar-refractivity contribution < 1.29 is 23.8 Å². The molecule has 0 radical (unpaired) electrons. The Morgan fingerprint density at radius 3 is 1.55 bits per heavy atom. The van der Waals surface area contributed by atoms with Gasteiger partial charge in [0.2, 0.25) is 11.8 Å². The third-order valence-corrected chi connectivity index (χ3v) is 5.06. The van der Waals surface area contributed by atoms with Crippen molar-refractivity contribution in [2.45, 2.75) is 114 Å². The molecule has 0 aliphatic rings. The van der Waals surface area contributed by atoms with Crippen LogP contribution in [-0.2, 0) is 19.2 Å². The Morgan fingerprint density at radius 2 is 1.23 bits per heavy atom. The van der Waals surface area contributed by atoms with Gasteiger partial charge < -0.3 is 0 Å². The van der Waals surface area contributed by atoms with E-state index >= 15 is 0 Å². The molecule has 0 aromatic carbocycles. The Hall–Kier alpha value is -1.65. The lowest BCUT2D eigenvalue weighted by molar-refractivity contribution is -0.552. The van der Waals surface area contributed by atoms with Crippen LogP contribution in [0.1, 0.15) is 95.9 Å². The molecule has 2 atom stereocenters. The average molecular weight is 438 g/mol. The lowest BCUT2D eigenvalue weighted by Gasteiger charge is -2.31. The predicted octanol–water partition coefficient (Wildman–Crippen LogP) is 4.09. The molecule has 6 nitrogen and oxygen atoms in total. The van der Waals surface area contributed by atoms with Gasteiger partial charge >= 0.3 is 6.08 Å². The van der Waals surface area contributed by atoms with E-state index in [4.69, 9.17) is 0 Å². The fourth-order valence-corrected chi connectivity index (χ4v) is 3.24. The second kappa shape index (κ2) is 10.3. The van der Waals surface area contributed by atoms with E-state index in [-0.39, 0.29) is 42.3 Å². The van der Waals surface area contributed by atoms with Crippen molar-refractivity contribution in [1.29, 1.82) is 0 Å². The molecule has 178 valence electrons. The van der Waals surface area contributed by atoms with Crippen LogP contribution in [-0.4, -0.2) is 52.2 Å². The van der Waals surface area contributed by atoms with Crippen LogP contribution in [0.5, 0.6) is 0 Å². The monoisotopic (exact) mass is 437 g/mol. The SMILES string of the molecule is CC(C)(C)NC(C[N+](=C=O)C(CCC(=O)C(C)(C)C)C(=O)C(C)(C)C)C(=O)C(C)(C)C. The van der Waals surface area contributed by atoms with Gasteiger partial charge in [-0.15, -0.1) is 4.58 Å². The summed E-state index contributed by atoms with van der Waals surface area (Å²) < 4.78 is 1.29. The highest BCUT2D eigenvalue weighted by Gasteiger charge is 2.42. The van der Waals surface area contributed by atoms with Crippen molar-refractivity contribution in [3.63, 3.8) is 0 Å². The Balaban J connectivity index is 6.08. The molecular formula is C25H45N2O4+. The molecule has 0 aliphatic heterocycles. The number of isocyanates is 1. The number of carbonyl (C=O) groups excluding carboxylic acids is 4. The molecule has 0 saturated heterocycles. The fourth-order valence-electron chi connectivity index (χ4n) is 3.24. The number of hydrogen-bond donors (Lipinski definition) is 1. The van der Waals surface area contributed by atoms with Gasteiger partial charge in [0.25, 0.3) is 0 Å². The van der Waals surface area contributed by atoms with E-state index in [0.717, 1.165) is 0 Å². The molecule has 1 N–H and O–H groups in total. The third kappa shape index (κ3) is 10.0. The summed E-state index contributed by atoms with van der Waals surface area (Å²) >= 11 is 0. The van der Waals surface area contributed by atoms with Gasteiger partial charge in [-0.05, 0) is 20.8 Å². The lowest BCUT2D eigenvalue weighted by Crippen LogP contribution is -2.56. The van der Waals surface area contributed by atoms with Crippen LogP contribution in [0, 0.1) is 16.2 Å². The van der Waals surface area contributed by atoms with Crippen LogP contribution in [0.4, 0.5) is 0 Å². The van der Waals surface area contributed by atoms with Crippen LogP contribution in [0.15, 0.2) is 0 Å². The van der Waals surface area contributed by atoms with E-state index in [1.54, 1.807) is 20.8 Å². The van der Waals surface area contributed by atoms with Gasteiger partial charge in [-0.2, -0.15) is 4.79 Å². The van der Waals surface area contributed by atoms with Crippen molar-refractivity contribution in [3.05, 3.63) is 0 Å². The van der Waals surface area contributed by atoms with Crippen molar-refractivity contribution in [2.24, 2.45) is 16.2 Å². The first kappa shape index (κ1) is 29.4. The molecular weight excluding hydrogens is 392 g/mol. The zero-order valence-electron chi connectivity index (χ0n) is 21.9. The average Bonchev–Trinajstić information content (AvgIpc) is 2.54. The second-order valence-corrected chi connectivity index (χ2v) is 12.6. The van der Waals surface area contributed by atoms with E-state index in [1.165, 1.54) is 4.58 Å². The zero-order valence-corrected chi connectivity index (χ0v) is 21.9. The van der Waals surface area contributed by atoms with E-state index in [0.29, 0.717) is 0 Å². The minimum Gasteiger partial charge on any atom is -0.299 e. The molecule has 0 bridgehead atoms. The van der Waals surface area contributed by atoms with E-state index in [9.17, 15) is 19.2 Å². The molecule has 31 heavy (non-hydrogen) atoms. The van der Waals surface area contributed by atoms with E-state index in [1.807, 2.05) is 68.4 Å². The van der Waals surface area contributed by atoms with Crippen LogP contribution in [0.25, 0.3) is 0 Å². The number of nitrogens with zero attached hydrogens (tertiary/aromatic N) is 1. The van der Waals surface area contributed by atoms with Gasteiger partial charge in [-0.25, -0.2) is 0 Å². The summed E-state index contributed by atoms with van der Waals surface area (Å²) in [5, 5.41) is 3.30. The van der Waals surface area contributed by atoms with Crippen LogP contribution < -0.4 is 5.32 Å². The maximum atomic E-state index is 13.2. The zero-order chi connectivity index (χ0) is 25.0. The normalized spacial score (nSPS) is 15.1. The standard InChI is InChI=1S/C25H45N2O4/c1-22(2,3)19(29)14-13-18(21(31)24(7,8)9)27(16-28)15-17(26-25(10,11)12)20(30)23(4,5)6/h17-18,26H,13-15H2,1-12H3/q+1. The quantitative estimate of drug-likeness (QED) is 0.334. The van der Waals surface area contributed by atoms with Crippen molar-refractivity contribution >= 4 is 23.4 Å². The van der Waals surface area contributed by atoms with Gasteiger partial charge in [0.1, 0.15) is 11.8 Å². The molecule has 0 rings (SSSR count). The first-order valence-electron chi connectivity index (χ1n) is 11.2. The number of carbonyl (C=O) groups is 3. The van der Waals surface area contributed by atoms with Gasteiger partial charge in [0, 0.05) is 34.6 Å². The first-order chi connectivity index (χ1) is 13.6. The van der Waals surface area contributed by atoms with E-state index < -0.39 is 28.3 Å². The summed E-state index contributed by atoms with van der Waals surface area (Å²) in [6.45, 7) is 22.3. The smallest absolute Gasteiger partial charge is 0.299 e. The molecule has 0 saturated carbocycles. The van der Waals surface area contributed by atoms with Crippen LogP contribution in [0.3, 0.4) is 0 Å². The van der Waals surface area contributed by atoms with Crippen molar-refractivity contribution in [2.75, 3.05) is 6.54 Å². The molecule has 6 heteroatoms. The summed E-state index contributed by atoms with van der Waals surface area (Å²) in [7, 11) is 0. The predicted molar refractivity (Wildman–Crippen MR) is 124 cm³/mol. The Labute approximate surface area is 189 Å². The number of ketones is 3. The van der Waals surface area contributed by atoms with Crippen molar-refractivity contribution in [1.82, 2.24) is 5.32 Å². The molecule has 0 spiro atoms. The van der Waals surface area contributed by atoms with E-state index in [2.05, 4.69) is 5.32 Å². The van der Waals surface area contributed by atoms with Crippen LogP contribution >= 0.6 is 0 Å². The Kier molecular flexibility index (Phi) is 9.76. The Morgan fingerprint density at radius 1 is 0.774 bits per heavy atom. The maximum absolute atomic E-state index is 13.2. The first-order valence-corrected chi connectivity index (χ1v) is 11.2. The summed E-state index contributed by atoms with van der Waals surface area (Å²) in [5.74, 6) is -0.161. The summed E-state index contributed by atoms with van der Waals surface area (Å²) in [4.78, 5) is 50.9. The molecule has 0 aromatic heterocycles.